The number of hydrogen-bond donors (Lipinski definition) is 0. The molecule has 1 aromatic rings. The molecule has 174 valence electrons. The van der Waals surface area contributed by atoms with E-state index in [-0.39, 0.29) is 16.2 Å². The van der Waals surface area contributed by atoms with Gasteiger partial charge < -0.3 is 19.1 Å². The summed E-state index contributed by atoms with van der Waals surface area (Å²) in [6, 6.07) is 3.97. The Balaban J connectivity index is 2.41. The predicted molar refractivity (Wildman–Crippen MR) is 114 cm³/mol. The first kappa shape index (κ1) is 24.9. The number of sulfonamides is 1. The summed E-state index contributed by atoms with van der Waals surface area (Å²) in [7, 11) is 0.00175. The Morgan fingerprint density at radius 2 is 1.71 bits per heavy atom. The Bertz CT molecular complexity index is 901. The number of benzene rings is 1. The third-order valence-corrected chi connectivity index (χ3v) is 6.72. The summed E-state index contributed by atoms with van der Waals surface area (Å²) in [5.74, 6) is -0.696. The minimum atomic E-state index is -3.96. The molecule has 0 N–H and O–H groups in total. The average Bonchev–Trinajstić information content (AvgIpc) is 2.72. The van der Waals surface area contributed by atoms with E-state index in [1.54, 1.807) is 4.90 Å². The molecule has 0 aliphatic carbocycles. The average molecular weight is 457 g/mol. The van der Waals surface area contributed by atoms with E-state index < -0.39 is 33.8 Å². The summed E-state index contributed by atoms with van der Waals surface area (Å²) in [5, 5.41) is 0. The van der Waals surface area contributed by atoms with Crippen LogP contribution in [0.3, 0.4) is 0 Å². The van der Waals surface area contributed by atoms with E-state index in [4.69, 9.17) is 14.2 Å². The van der Waals surface area contributed by atoms with Gasteiger partial charge in [0.15, 0.2) is 0 Å². The zero-order chi connectivity index (χ0) is 23.4. The van der Waals surface area contributed by atoms with Crippen molar-refractivity contribution in [2.24, 2.45) is 5.41 Å². The molecule has 1 unspecified atom stereocenters. The molecule has 1 amide bonds. The molecule has 0 aromatic heterocycles. The lowest BCUT2D eigenvalue weighted by molar-refractivity contribution is -0.110. The van der Waals surface area contributed by atoms with Crippen LogP contribution in [0.1, 0.15) is 50.4 Å². The second kappa shape index (κ2) is 9.86. The fourth-order valence-electron chi connectivity index (χ4n) is 2.98. The van der Waals surface area contributed by atoms with Crippen LogP contribution in [0.4, 0.5) is 4.79 Å². The standard InChI is InChI=1S/C21H32N2O7S/c1-21(2,3)19(30-20(25)23-12-8-7-9-13-23)29-16-11-10-15(18(24)28-6)14-17(16)31(26,27)22(4)5/h10-11,14,19H,7-9,12-13H2,1-6H3. The topological polar surface area (TPSA) is 102 Å². The first-order valence-electron chi connectivity index (χ1n) is 10.1. The highest BCUT2D eigenvalue weighted by atomic mass is 32.2. The highest BCUT2D eigenvalue weighted by Gasteiger charge is 2.35. The maximum Gasteiger partial charge on any atom is 0.412 e. The lowest BCUT2D eigenvalue weighted by Gasteiger charge is -2.34. The van der Waals surface area contributed by atoms with Gasteiger partial charge in [-0.25, -0.2) is 22.3 Å². The Labute approximate surface area is 184 Å². The first-order chi connectivity index (χ1) is 14.4. The van der Waals surface area contributed by atoms with E-state index in [0.717, 1.165) is 23.6 Å². The van der Waals surface area contributed by atoms with Crippen LogP contribution in [0.2, 0.25) is 0 Å². The monoisotopic (exact) mass is 456 g/mol. The van der Waals surface area contributed by atoms with Crippen LogP contribution in [0.25, 0.3) is 0 Å². The van der Waals surface area contributed by atoms with Crippen LogP contribution in [0.15, 0.2) is 23.1 Å². The van der Waals surface area contributed by atoms with Gasteiger partial charge >= 0.3 is 12.1 Å². The van der Waals surface area contributed by atoms with Crippen molar-refractivity contribution in [2.75, 3.05) is 34.3 Å². The van der Waals surface area contributed by atoms with Gasteiger partial charge in [-0.1, -0.05) is 20.8 Å². The van der Waals surface area contributed by atoms with E-state index in [0.29, 0.717) is 13.1 Å². The zero-order valence-electron chi connectivity index (χ0n) is 19.0. The molecule has 1 aromatic carbocycles. The van der Waals surface area contributed by atoms with Crippen molar-refractivity contribution in [2.45, 2.75) is 51.2 Å². The summed E-state index contributed by atoms with van der Waals surface area (Å²) in [4.78, 5) is 26.0. The molecular weight excluding hydrogens is 424 g/mol. The van der Waals surface area contributed by atoms with Crippen LogP contribution < -0.4 is 4.74 Å². The molecule has 0 saturated carbocycles. The molecule has 1 fully saturated rings. The van der Waals surface area contributed by atoms with Crippen molar-refractivity contribution < 1.29 is 32.2 Å². The minimum Gasteiger partial charge on any atom is -0.465 e. The number of likely N-dealkylation sites (tertiary alicyclic amines) is 1. The second-order valence-corrected chi connectivity index (χ2v) is 10.8. The quantitative estimate of drug-likeness (QED) is 0.479. The molecule has 1 saturated heterocycles. The number of ether oxygens (including phenoxy) is 3. The summed E-state index contributed by atoms with van der Waals surface area (Å²) in [6.45, 7) is 6.70. The van der Waals surface area contributed by atoms with Crippen molar-refractivity contribution >= 4 is 22.1 Å². The molecule has 31 heavy (non-hydrogen) atoms. The van der Waals surface area contributed by atoms with Gasteiger partial charge in [0.2, 0.25) is 10.0 Å². The number of methoxy groups -OCH3 is 1. The largest absolute Gasteiger partial charge is 0.465 e. The first-order valence-corrected chi connectivity index (χ1v) is 11.6. The number of amides is 1. The maximum atomic E-state index is 12.9. The van der Waals surface area contributed by atoms with Gasteiger partial charge in [-0.2, -0.15) is 0 Å². The zero-order valence-corrected chi connectivity index (χ0v) is 19.8. The molecule has 2 rings (SSSR count). The summed E-state index contributed by atoms with van der Waals surface area (Å²) in [6.07, 6.45) is 1.35. The number of esters is 1. The van der Waals surface area contributed by atoms with Crippen LogP contribution in [0.5, 0.6) is 5.75 Å². The van der Waals surface area contributed by atoms with Crippen molar-refractivity contribution in [1.29, 1.82) is 0 Å². The van der Waals surface area contributed by atoms with Crippen molar-refractivity contribution in [1.82, 2.24) is 9.21 Å². The van der Waals surface area contributed by atoms with E-state index in [9.17, 15) is 18.0 Å². The highest BCUT2D eigenvalue weighted by molar-refractivity contribution is 7.89. The number of rotatable bonds is 6. The van der Waals surface area contributed by atoms with Gasteiger partial charge in [-0.15, -0.1) is 0 Å². The molecule has 1 atom stereocenters. The SMILES string of the molecule is COC(=O)c1ccc(OC(OC(=O)N2CCCCC2)C(C)(C)C)c(S(=O)(=O)N(C)C)c1. The number of carbonyl (C=O) groups is 2. The van der Waals surface area contributed by atoms with Crippen LogP contribution in [0, 0.1) is 5.41 Å². The van der Waals surface area contributed by atoms with Crippen molar-refractivity contribution in [3.05, 3.63) is 23.8 Å². The van der Waals surface area contributed by atoms with Crippen LogP contribution >= 0.6 is 0 Å². The van der Waals surface area contributed by atoms with E-state index >= 15 is 0 Å². The second-order valence-electron chi connectivity index (χ2n) is 8.69. The summed E-state index contributed by atoms with van der Waals surface area (Å²) < 4.78 is 43.1. The van der Waals surface area contributed by atoms with Gasteiger partial charge in [0.25, 0.3) is 6.29 Å². The number of hydrogen-bond acceptors (Lipinski definition) is 7. The predicted octanol–water partition coefficient (Wildman–Crippen LogP) is 3.10. The van der Waals surface area contributed by atoms with Gasteiger partial charge in [-0.3, -0.25) is 0 Å². The Hall–Kier alpha value is -2.33. The molecule has 1 aliphatic rings. The fourth-order valence-corrected chi connectivity index (χ4v) is 4.02. The van der Waals surface area contributed by atoms with Gasteiger partial charge in [0.1, 0.15) is 10.6 Å². The summed E-state index contributed by atoms with van der Waals surface area (Å²) >= 11 is 0. The molecule has 10 heteroatoms. The van der Waals surface area contributed by atoms with E-state index in [2.05, 4.69) is 0 Å². The number of carbonyl (C=O) groups excluding carboxylic acids is 2. The normalized spacial score (nSPS) is 16.0. The minimum absolute atomic E-state index is 0.0206. The maximum absolute atomic E-state index is 12.9. The number of nitrogens with zero attached hydrogens (tertiary/aromatic N) is 2. The molecular formula is C21H32N2O7S. The van der Waals surface area contributed by atoms with Crippen molar-refractivity contribution in [3.8, 4) is 5.75 Å². The third kappa shape index (κ3) is 6.10. The van der Waals surface area contributed by atoms with E-state index in [1.807, 2.05) is 20.8 Å². The molecule has 1 heterocycles. The lowest BCUT2D eigenvalue weighted by atomic mass is 9.96. The van der Waals surface area contributed by atoms with Crippen LogP contribution in [-0.4, -0.2) is 70.3 Å². The van der Waals surface area contributed by atoms with E-state index in [1.165, 1.54) is 39.4 Å². The van der Waals surface area contributed by atoms with Gasteiger partial charge in [0, 0.05) is 32.6 Å². The molecule has 0 spiro atoms. The smallest absolute Gasteiger partial charge is 0.412 e. The molecule has 0 bridgehead atoms. The fraction of sp³-hybridized carbons (Fsp3) is 0.619. The van der Waals surface area contributed by atoms with Gasteiger partial charge in [0.05, 0.1) is 12.7 Å². The number of piperidine rings is 1. The van der Waals surface area contributed by atoms with Crippen LogP contribution in [-0.2, 0) is 19.5 Å². The molecule has 9 nitrogen and oxygen atoms in total. The summed E-state index contributed by atoms with van der Waals surface area (Å²) in [5.41, 5.74) is -0.584. The molecule has 1 aliphatic heterocycles. The third-order valence-electron chi connectivity index (χ3n) is 4.89. The Morgan fingerprint density at radius 3 is 2.23 bits per heavy atom. The van der Waals surface area contributed by atoms with Gasteiger partial charge in [-0.05, 0) is 37.5 Å². The highest BCUT2D eigenvalue weighted by Crippen LogP contribution is 2.33. The Morgan fingerprint density at radius 1 is 1.10 bits per heavy atom. The van der Waals surface area contributed by atoms with Crippen molar-refractivity contribution in [3.63, 3.8) is 0 Å². The molecule has 0 radical (unpaired) electrons. The lowest BCUT2D eigenvalue weighted by Crippen LogP contribution is -2.43. The Kier molecular flexibility index (Phi) is 7.93.